The Bertz CT molecular complexity index is 306. The molecule has 0 aromatic carbocycles. The maximum absolute atomic E-state index is 11.9. The molecule has 2 rings (SSSR count). The van der Waals surface area contributed by atoms with Gasteiger partial charge in [-0.05, 0) is 31.1 Å². The van der Waals surface area contributed by atoms with E-state index in [0.29, 0.717) is 24.1 Å². The second kappa shape index (κ2) is 4.84. The van der Waals surface area contributed by atoms with Crippen LogP contribution in [-0.4, -0.2) is 34.7 Å². The molecule has 5 unspecified atom stereocenters. The van der Waals surface area contributed by atoms with E-state index >= 15 is 0 Å². The first-order valence-electron chi connectivity index (χ1n) is 5.93. The highest BCUT2D eigenvalue weighted by molar-refractivity contribution is 7.84. The zero-order valence-corrected chi connectivity index (χ0v) is 10.5. The van der Waals surface area contributed by atoms with Gasteiger partial charge in [0.15, 0.2) is 0 Å². The second-order valence-electron chi connectivity index (χ2n) is 5.00. The van der Waals surface area contributed by atoms with Gasteiger partial charge in [-0.3, -0.25) is 9.00 Å². The minimum absolute atomic E-state index is 0.00374. The van der Waals surface area contributed by atoms with Gasteiger partial charge in [0.2, 0.25) is 5.91 Å². The number of fused-ring (bicyclic) bond motifs is 2. The molecule has 2 aliphatic carbocycles. The van der Waals surface area contributed by atoms with Gasteiger partial charge in [-0.1, -0.05) is 0 Å². The van der Waals surface area contributed by atoms with Gasteiger partial charge in [-0.25, -0.2) is 0 Å². The van der Waals surface area contributed by atoms with Crippen LogP contribution < -0.4 is 11.1 Å². The molecule has 0 aromatic heterocycles. The molecule has 3 N–H and O–H groups in total. The summed E-state index contributed by atoms with van der Waals surface area (Å²) in [7, 11) is -0.840. The normalized spacial score (nSPS) is 38.6. The number of nitrogens with two attached hydrogens (primary N) is 1. The van der Waals surface area contributed by atoms with Crippen molar-refractivity contribution in [3.63, 3.8) is 0 Å². The maximum Gasteiger partial charge on any atom is 0.224 e. The van der Waals surface area contributed by atoms with Gasteiger partial charge >= 0.3 is 0 Å². The highest BCUT2D eigenvalue weighted by atomic mass is 32.2. The van der Waals surface area contributed by atoms with E-state index in [0.717, 1.165) is 12.8 Å². The summed E-state index contributed by atoms with van der Waals surface area (Å²) < 4.78 is 10.9. The Kier molecular flexibility index (Phi) is 3.64. The maximum atomic E-state index is 11.9. The fourth-order valence-electron chi connectivity index (χ4n) is 3.16. The third-order valence-electron chi connectivity index (χ3n) is 3.97. The second-order valence-corrected chi connectivity index (χ2v) is 6.56. The summed E-state index contributed by atoms with van der Waals surface area (Å²) in [5, 5.41) is 2.86. The summed E-state index contributed by atoms with van der Waals surface area (Å²) in [6.45, 7) is 0.503. The molecule has 1 amide bonds. The van der Waals surface area contributed by atoms with Crippen molar-refractivity contribution in [2.45, 2.75) is 25.3 Å². The van der Waals surface area contributed by atoms with E-state index in [2.05, 4.69) is 5.32 Å². The molecule has 0 saturated heterocycles. The molecule has 4 nitrogen and oxygen atoms in total. The molecule has 2 saturated carbocycles. The van der Waals surface area contributed by atoms with Crippen LogP contribution in [0.4, 0.5) is 0 Å². The van der Waals surface area contributed by atoms with E-state index in [-0.39, 0.29) is 17.9 Å². The topological polar surface area (TPSA) is 72.2 Å². The van der Waals surface area contributed by atoms with Crippen LogP contribution in [0, 0.1) is 17.8 Å². The van der Waals surface area contributed by atoms with Gasteiger partial charge < -0.3 is 11.1 Å². The number of carbonyl (C=O) groups excluding carboxylic acids is 1. The Morgan fingerprint density at radius 1 is 1.44 bits per heavy atom. The predicted molar refractivity (Wildman–Crippen MR) is 64.2 cm³/mol. The average molecular weight is 244 g/mol. The Morgan fingerprint density at radius 2 is 2.12 bits per heavy atom. The highest BCUT2D eigenvalue weighted by Crippen LogP contribution is 2.47. The van der Waals surface area contributed by atoms with Gasteiger partial charge in [0.1, 0.15) is 0 Å². The molecular weight excluding hydrogens is 224 g/mol. The Hall–Kier alpha value is -0.420. The van der Waals surface area contributed by atoms with Gasteiger partial charge in [0.05, 0.1) is 5.92 Å². The van der Waals surface area contributed by atoms with Gasteiger partial charge in [-0.15, -0.1) is 0 Å². The number of hydrogen-bond donors (Lipinski definition) is 2. The summed E-state index contributed by atoms with van der Waals surface area (Å²) in [4.78, 5) is 11.9. The molecule has 2 bridgehead atoms. The van der Waals surface area contributed by atoms with Crippen molar-refractivity contribution in [2.24, 2.45) is 23.5 Å². The zero-order valence-electron chi connectivity index (χ0n) is 9.65. The van der Waals surface area contributed by atoms with Crippen molar-refractivity contribution in [2.75, 3.05) is 18.6 Å². The van der Waals surface area contributed by atoms with Crippen molar-refractivity contribution < 1.29 is 9.00 Å². The van der Waals surface area contributed by atoms with E-state index in [1.807, 2.05) is 0 Å². The zero-order chi connectivity index (χ0) is 11.7. The molecule has 92 valence electrons. The van der Waals surface area contributed by atoms with E-state index in [9.17, 15) is 9.00 Å². The van der Waals surface area contributed by atoms with E-state index in [1.54, 1.807) is 6.26 Å². The lowest BCUT2D eigenvalue weighted by Gasteiger charge is -2.26. The van der Waals surface area contributed by atoms with Crippen molar-refractivity contribution in [1.29, 1.82) is 0 Å². The Balaban J connectivity index is 1.83. The lowest BCUT2D eigenvalue weighted by Crippen LogP contribution is -2.46. The van der Waals surface area contributed by atoms with Crippen LogP contribution in [0.15, 0.2) is 0 Å². The molecule has 5 atom stereocenters. The van der Waals surface area contributed by atoms with Crippen molar-refractivity contribution in [3.8, 4) is 0 Å². The fourth-order valence-corrected chi connectivity index (χ4v) is 3.55. The standard InChI is InChI=1S/C11H20N2O2S/c1-16(15)5-4-13-11(14)9-7-2-3-8(6-7)10(9)12/h7-10H,2-6,12H2,1H3,(H,13,14). The number of amides is 1. The SMILES string of the molecule is CS(=O)CCNC(=O)C1C2CCC(C2)C1N. The van der Waals surface area contributed by atoms with E-state index in [1.165, 1.54) is 6.42 Å². The molecule has 0 aliphatic heterocycles. The molecule has 0 heterocycles. The quantitative estimate of drug-likeness (QED) is 0.722. The first-order valence-corrected chi connectivity index (χ1v) is 7.65. The fraction of sp³-hybridized carbons (Fsp3) is 0.909. The molecule has 2 aliphatic rings. The van der Waals surface area contributed by atoms with Gasteiger partial charge in [-0.2, -0.15) is 0 Å². The number of rotatable bonds is 4. The highest BCUT2D eigenvalue weighted by Gasteiger charge is 2.48. The van der Waals surface area contributed by atoms with Crippen molar-refractivity contribution in [1.82, 2.24) is 5.32 Å². The molecule has 16 heavy (non-hydrogen) atoms. The molecule has 2 fully saturated rings. The van der Waals surface area contributed by atoms with Crippen LogP contribution in [0.5, 0.6) is 0 Å². The number of nitrogens with one attached hydrogen (secondary N) is 1. The lowest BCUT2D eigenvalue weighted by atomic mass is 9.84. The molecule has 0 radical (unpaired) electrons. The van der Waals surface area contributed by atoms with Crippen LogP contribution in [0.3, 0.4) is 0 Å². The predicted octanol–water partition coefficient (Wildman–Crippen LogP) is -0.145. The minimum Gasteiger partial charge on any atom is -0.355 e. The van der Waals surface area contributed by atoms with Crippen molar-refractivity contribution in [3.05, 3.63) is 0 Å². The van der Waals surface area contributed by atoms with Crippen LogP contribution in [0.25, 0.3) is 0 Å². The smallest absolute Gasteiger partial charge is 0.224 e. The average Bonchev–Trinajstić information content (AvgIpc) is 2.76. The first-order chi connectivity index (χ1) is 7.59. The summed E-state index contributed by atoms with van der Waals surface area (Å²) >= 11 is 0. The summed E-state index contributed by atoms with van der Waals surface area (Å²) in [6, 6.07) is 0.0471. The Labute approximate surface area is 98.8 Å². The van der Waals surface area contributed by atoms with E-state index in [4.69, 9.17) is 5.73 Å². The molecular formula is C11H20N2O2S. The molecule has 0 aromatic rings. The van der Waals surface area contributed by atoms with Crippen LogP contribution in [-0.2, 0) is 15.6 Å². The Morgan fingerprint density at radius 3 is 2.69 bits per heavy atom. The number of hydrogen-bond acceptors (Lipinski definition) is 3. The van der Waals surface area contributed by atoms with Crippen molar-refractivity contribution >= 4 is 16.7 Å². The molecule has 5 heteroatoms. The van der Waals surface area contributed by atoms with Crippen LogP contribution in [0.1, 0.15) is 19.3 Å². The largest absolute Gasteiger partial charge is 0.355 e. The summed E-state index contributed by atoms with van der Waals surface area (Å²) in [6.07, 6.45) is 5.11. The monoisotopic (exact) mass is 244 g/mol. The van der Waals surface area contributed by atoms with Crippen LogP contribution >= 0.6 is 0 Å². The minimum atomic E-state index is -0.840. The lowest BCUT2D eigenvalue weighted by molar-refractivity contribution is -0.126. The first kappa shape index (κ1) is 12.0. The van der Waals surface area contributed by atoms with Gasteiger partial charge in [0.25, 0.3) is 0 Å². The van der Waals surface area contributed by atoms with Gasteiger partial charge in [0, 0.05) is 35.4 Å². The summed E-state index contributed by atoms with van der Waals surface area (Å²) in [5.74, 6) is 1.66. The third-order valence-corrected chi connectivity index (χ3v) is 4.75. The number of carbonyl (C=O) groups is 1. The van der Waals surface area contributed by atoms with E-state index < -0.39 is 10.8 Å². The third kappa shape index (κ3) is 2.30. The molecule has 0 spiro atoms. The van der Waals surface area contributed by atoms with Crippen LogP contribution in [0.2, 0.25) is 0 Å². The summed E-state index contributed by atoms with van der Waals surface area (Å²) in [5.41, 5.74) is 6.08.